The largest absolute Gasteiger partial charge is 0.389 e. The highest BCUT2D eigenvalue weighted by Gasteiger charge is 2.60. The van der Waals surface area contributed by atoms with E-state index >= 15 is 0 Å². The van der Waals surface area contributed by atoms with Crippen LogP contribution in [0.25, 0.3) is 0 Å². The molecule has 3 aliphatic rings. The number of hydrogen-bond acceptors (Lipinski definition) is 2. The number of allylic oxidation sites excluding steroid dienone is 4. The minimum atomic E-state index is -0.685. The summed E-state index contributed by atoms with van der Waals surface area (Å²) in [5, 5.41) is 11.3. The van der Waals surface area contributed by atoms with E-state index in [4.69, 9.17) is 0 Å². The van der Waals surface area contributed by atoms with Crippen molar-refractivity contribution in [2.45, 2.75) is 65.9 Å². The van der Waals surface area contributed by atoms with Crippen molar-refractivity contribution in [1.29, 1.82) is 0 Å². The van der Waals surface area contributed by atoms with Crippen molar-refractivity contribution >= 4 is 5.78 Å². The average Bonchev–Trinajstić information content (AvgIpc) is 2.64. The molecule has 0 heterocycles. The van der Waals surface area contributed by atoms with Gasteiger partial charge in [0.2, 0.25) is 0 Å². The van der Waals surface area contributed by atoms with Crippen molar-refractivity contribution in [2.24, 2.45) is 28.6 Å². The molecule has 0 aromatic rings. The fraction of sp³-hybridized carbons (Fsp3) is 0.750. The molecule has 2 fully saturated rings. The molecule has 0 aromatic heterocycles. The summed E-state index contributed by atoms with van der Waals surface area (Å²) in [5.74, 6) is 0.897. The zero-order chi connectivity index (χ0) is 16.3. The second kappa shape index (κ2) is 4.80. The zero-order valence-corrected chi connectivity index (χ0v) is 14.6. The molecule has 5 atom stereocenters. The number of ketones is 1. The van der Waals surface area contributed by atoms with Crippen molar-refractivity contribution in [3.63, 3.8) is 0 Å². The van der Waals surface area contributed by atoms with Crippen LogP contribution < -0.4 is 0 Å². The minimum Gasteiger partial charge on any atom is -0.389 e. The minimum absolute atomic E-state index is 0.0669. The van der Waals surface area contributed by atoms with Crippen molar-refractivity contribution < 1.29 is 9.90 Å². The Balaban J connectivity index is 2.06. The molecule has 122 valence electrons. The summed E-state index contributed by atoms with van der Waals surface area (Å²) in [4.78, 5) is 13.1. The third-order valence-electron chi connectivity index (χ3n) is 7.28. The zero-order valence-electron chi connectivity index (χ0n) is 14.6. The number of aliphatic hydroxyl groups is 1. The SMILES string of the molecule is CC1=CC=CC2(C)C(=O)CC3C(C)(CCC3(O)C(C)C)CC12. The van der Waals surface area contributed by atoms with Gasteiger partial charge in [-0.2, -0.15) is 0 Å². The second-order valence-electron chi connectivity index (χ2n) is 8.79. The molecule has 0 saturated heterocycles. The van der Waals surface area contributed by atoms with E-state index in [2.05, 4.69) is 46.8 Å². The Kier molecular flexibility index (Phi) is 3.49. The smallest absolute Gasteiger partial charge is 0.143 e. The Morgan fingerprint density at radius 2 is 1.95 bits per heavy atom. The molecule has 0 bridgehead atoms. The van der Waals surface area contributed by atoms with Gasteiger partial charge in [0.15, 0.2) is 0 Å². The van der Waals surface area contributed by atoms with E-state index in [9.17, 15) is 9.90 Å². The number of rotatable bonds is 1. The molecule has 2 heteroatoms. The first kappa shape index (κ1) is 16.0. The number of fused-ring (bicyclic) bond motifs is 2. The van der Waals surface area contributed by atoms with Crippen LogP contribution in [0.1, 0.15) is 60.3 Å². The van der Waals surface area contributed by atoms with Crippen molar-refractivity contribution in [1.82, 2.24) is 0 Å². The van der Waals surface area contributed by atoms with Gasteiger partial charge in [0.05, 0.1) is 11.0 Å². The van der Waals surface area contributed by atoms with E-state index in [1.54, 1.807) is 0 Å². The first-order valence-corrected chi connectivity index (χ1v) is 8.75. The third kappa shape index (κ3) is 1.99. The highest BCUT2D eigenvalue weighted by atomic mass is 16.3. The average molecular weight is 302 g/mol. The van der Waals surface area contributed by atoms with E-state index in [0.717, 1.165) is 19.3 Å². The number of hydrogen-bond donors (Lipinski definition) is 1. The van der Waals surface area contributed by atoms with Gasteiger partial charge in [-0.3, -0.25) is 4.79 Å². The quantitative estimate of drug-likeness (QED) is 0.784. The molecule has 22 heavy (non-hydrogen) atoms. The molecule has 0 aromatic carbocycles. The summed E-state index contributed by atoms with van der Waals surface area (Å²) < 4.78 is 0. The van der Waals surface area contributed by atoms with Crippen molar-refractivity contribution in [2.75, 3.05) is 0 Å². The maximum atomic E-state index is 13.1. The summed E-state index contributed by atoms with van der Waals surface area (Å²) in [6, 6.07) is 0. The van der Waals surface area contributed by atoms with Gasteiger partial charge in [-0.05, 0) is 50.4 Å². The van der Waals surface area contributed by atoms with Crippen molar-refractivity contribution in [3.8, 4) is 0 Å². The highest BCUT2D eigenvalue weighted by Crippen LogP contribution is 2.61. The van der Waals surface area contributed by atoms with Crippen LogP contribution in [0.2, 0.25) is 0 Å². The Labute approximate surface area is 134 Å². The van der Waals surface area contributed by atoms with E-state index in [1.165, 1.54) is 5.57 Å². The molecule has 3 aliphatic carbocycles. The van der Waals surface area contributed by atoms with Crippen LogP contribution >= 0.6 is 0 Å². The lowest BCUT2D eigenvalue weighted by atomic mass is 9.64. The first-order chi connectivity index (χ1) is 10.1. The van der Waals surface area contributed by atoms with Crippen LogP contribution in [0.15, 0.2) is 23.8 Å². The van der Waals surface area contributed by atoms with E-state index in [-0.39, 0.29) is 28.6 Å². The second-order valence-corrected chi connectivity index (χ2v) is 8.79. The molecule has 3 rings (SSSR count). The molecule has 0 radical (unpaired) electrons. The molecule has 5 unspecified atom stereocenters. The molecule has 0 aliphatic heterocycles. The normalized spacial score (nSPS) is 48.0. The topological polar surface area (TPSA) is 37.3 Å². The maximum absolute atomic E-state index is 13.1. The van der Waals surface area contributed by atoms with Gasteiger partial charge in [0.1, 0.15) is 5.78 Å². The Hall–Kier alpha value is -0.890. The monoisotopic (exact) mass is 302 g/mol. The van der Waals surface area contributed by atoms with Gasteiger partial charge in [-0.25, -0.2) is 0 Å². The predicted octanol–water partition coefficient (Wildman–Crippen LogP) is 4.29. The summed E-state index contributed by atoms with van der Waals surface area (Å²) in [7, 11) is 0. The highest BCUT2D eigenvalue weighted by molar-refractivity contribution is 5.88. The number of carbonyl (C=O) groups excluding carboxylic acids is 1. The summed E-state index contributed by atoms with van der Waals surface area (Å²) in [6.45, 7) is 10.8. The van der Waals surface area contributed by atoms with Gasteiger partial charge in [-0.1, -0.05) is 44.6 Å². The van der Waals surface area contributed by atoms with Crippen molar-refractivity contribution in [3.05, 3.63) is 23.8 Å². The number of Topliss-reactive ketones (excluding diaryl/α,β-unsaturated/α-hetero) is 1. The molecular weight excluding hydrogens is 272 g/mol. The van der Waals surface area contributed by atoms with E-state index in [0.29, 0.717) is 12.2 Å². The van der Waals surface area contributed by atoms with Gasteiger partial charge in [0.25, 0.3) is 0 Å². The first-order valence-electron chi connectivity index (χ1n) is 8.75. The summed E-state index contributed by atoms with van der Waals surface area (Å²) >= 11 is 0. The Morgan fingerprint density at radius 3 is 2.59 bits per heavy atom. The van der Waals surface area contributed by atoms with E-state index in [1.807, 2.05) is 6.08 Å². The molecule has 2 saturated carbocycles. The lowest BCUT2D eigenvalue weighted by molar-refractivity contribution is -0.131. The number of carbonyl (C=O) groups is 1. The molecular formula is C20H30O2. The Morgan fingerprint density at radius 1 is 1.27 bits per heavy atom. The van der Waals surface area contributed by atoms with Crippen LogP contribution in [0, 0.1) is 28.6 Å². The summed E-state index contributed by atoms with van der Waals surface area (Å²) in [6.07, 6.45) is 9.71. The fourth-order valence-electron chi connectivity index (χ4n) is 5.43. The van der Waals surface area contributed by atoms with E-state index < -0.39 is 5.60 Å². The maximum Gasteiger partial charge on any atom is 0.143 e. The van der Waals surface area contributed by atoms with Gasteiger partial charge in [-0.15, -0.1) is 0 Å². The van der Waals surface area contributed by atoms with Crippen LogP contribution in [0.3, 0.4) is 0 Å². The van der Waals surface area contributed by atoms with Crippen LogP contribution in [-0.4, -0.2) is 16.5 Å². The molecule has 0 amide bonds. The van der Waals surface area contributed by atoms with Gasteiger partial charge in [0, 0.05) is 12.3 Å². The van der Waals surface area contributed by atoms with Gasteiger partial charge < -0.3 is 5.11 Å². The fourth-order valence-corrected chi connectivity index (χ4v) is 5.43. The van der Waals surface area contributed by atoms with Crippen LogP contribution in [-0.2, 0) is 4.79 Å². The van der Waals surface area contributed by atoms with Crippen LogP contribution in [0.4, 0.5) is 0 Å². The lowest BCUT2D eigenvalue weighted by Crippen LogP contribution is -2.44. The molecule has 1 N–H and O–H groups in total. The predicted molar refractivity (Wildman–Crippen MR) is 89.4 cm³/mol. The summed E-state index contributed by atoms with van der Waals surface area (Å²) in [5.41, 5.74) is 0.317. The standard InChI is InChI=1S/C20H30O2/c1-13(2)20(22)10-9-18(4)12-15-14(3)7-6-8-19(15,5)17(21)11-16(18)20/h6-8,13,15-16,22H,9-12H2,1-5H3. The molecule has 0 spiro atoms. The third-order valence-corrected chi connectivity index (χ3v) is 7.28. The molecule has 2 nitrogen and oxygen atoms in total. The van der Waals surface area contributed by atoms with Gasteiger partial charge >= 0.3 is 0 Å². The van der Waals surface area contributed by atoms with Crippen LogP contribution in [0.5, 0.6) is 0 Å². The Bertz CT molecular complexity index is 558. The lowest BCUT2D eigenvalue weighted by Gasteiger charge is -2.41.